The second kappa shape index (κ2) is 3.69. The fourth-order valence-corrected chi connectivity index (χ4v) is 4.02. The van der Waals surface area contributed by atoms with E-state index in [0.717, 1.165) is 6.42 Å². The maximum absolute atomic E-state index is 12.4. The van der Waals surface area contributed by atoms with Gasteiger partial charge in [0.25, 0.3) is 0 Å². The van der Waals surface area contributed by atoms with E-state index in [2.05, 4.69) is 18.2 Å². The molecule has 1 spiro atoms. The summed E-state index contributed by atoms with van der Waals surface area (Å²) in [6.07, 6.45) is 9.51. The van der Waals surface area contributed by atoms with Crippen molar-refractivity contribution < 1.29 is 4.79 Å². The minimum Gasteiger partial charge on any atom is -0.299 e. The Morgan fingerprint density at radius 3 is 2.72 bits per heavy atom. The number of ketones is 1. The smallest absolute Gasteiger partial charge is 0.140 e. The van der Waals surface area contributed by atoms with Gasteiger partial charge in [-0.05, 0) is 67.1 Å². The van der Waals surface area contributed by atoms with Crippen LogP contribution in [0.5, 0.6) is 0 Å². The van der Waals surface area contributed by atoms with Crippen molar-refractivity contribution in [1.29, 1.82) is 0 Å². The predicted octanol–water partition coefficient (Wildman–Crippen LogP) is 3.48. The summed E-state index contributed by atoms with van der Waals surface area (Å²) in [5.41, 5.74) is 4.75. The summed E-state index contributed by atoms with van der Waals surface area (Å²) in [5, 5.41) is 0. The van der Waals surface area contributed by atoms with Gasteiger partial charge in [-0.15, -0.1) is 0 Å². The van der Waals surface area contributed by atoms with Crippen molar-refractivity contribution in [2.45, 2.75) is 51.4 Å². The van der Waals surface area contributed by atoms with Gasteiger partial charge in [-0.25, -0.2) is 0 Å². The van der Waals surface area contributed by atoms with Crippen molar-refractivity contribution in [1.82, 2.24) is 0 Å². The third-order valence-corrected chi connectivity index (χ3v) is 5.49. The molecule has 0 radical (unpaired) electrons. The Kier molecular flexibility index (Phi) is 2.21. The first-order chi connectivity index (χ1) is 8.77. The van der Waals surface area contributed by atoms with Gasteiger partial charge in [0.1, 0.15) is 5.78 Å². The summed E-state index contributed by atoms with van der Waals surface area (Å²) in [4.78, 5) is 12.4. The fraction of sp³-hybridized carbons (Fsp3) is 0.588. The van der Waals surface area contributed by atoms with Gasteiger partial charge in [0.05, 0.1) is 0 Å². The fourth-order valence-electron chi connectivity index (χ4n) is 4.02. The van der Waals surface area contributed by atoms with Crippen LogP contribution < -0.4 is 0 Å². The molecular formula is C17H20O. The highest BCUT2D eigenvalue weighted by Gasteiger charge is 2.57. The molecule has 1 aromatic rings. The number of hydrogen-bond acceptors (Lipinski definition) is 1. The zero-order chi connectivity index (χ0) is 12.2. The molecule has 2 fully saturated rings. The Hall–Kier alpha value is -1.11. The Balaban J connectivity index is 1.49. The third kappa shape index (κ3) is 1.56. The van der Waals surface area contributed by atoms with E-state index in [0.29, 0.717) is 23.5 Å². The van der Waals surface area contributed by atoms with Crippen LogP contribution in [-0.2, 0) is 24.1 Å². The molecular weight excluding hydrogens is 220 g/mol. The van der Waals surface area contributed by atoms with Crippen LogP contribution >= 0.6 is 0 Å². The van der Waals surface area contributed by atoms with Crippen molar-refractivity contribution in [3.05, 3.63) is 34.9 Å². The van der Waals surface area contributed by atoms with Crippen molar-refractivity contribution in [2.24, 2.45) is 11.3 Å². The Morgan fingerprint density at radius 1 is 1.17 bits per heavy atom. The van der Waals surface area contributed by atoms with E-state index in [1.807, 2.05) is 0 Å². The summed E-state index contributed by atoms with van der Waals surface area (Å²) in [6, 6.07) is 6.72. The molecule has 0 aromatic heterocycles. The SMILES string of the molecule is O=C(Cc1ccc2c(c1)CCC2)C1CCC12CC2. The molecule has 3 aliphatic rings. The lowest BCUT2D eigenvalue weighted by molar-refractivity contribution is -0.128. The molecule has 0 amide bonds. The van der Waals surface area contributed by atoms with Crippen molar-refractivity contribution in [3.8, 4) is 0 Å². The van der Waals surface area contributed by atoms with Crippen molar-refractivity contribution >= 4 is 5.78 Å². The molecule has 2 saturated carbocycles. The highest BCUT2D eigenvalue weighted by Crippen LogP contribution is 2.64. The van der Waals surface area contributed by atoms with Gasteiger partial charge in [-0.1, -0.05) is 18.2 Å². The maximum atomic E-state index is 12.4. The quantitative estimate of drug-likeness (QED) is 0.790. The van der Waals surface area contributed by atoms with E-state index in [1.54, 1.807) is 0 Å². The first-order valence-corrected chi connectivity index (χ1v) is 7.40. The summed E-state index contributed by atoms with van der Waals surface area (Å²) in [6.45, 7) is 0. The Bertz CT molecular complexity index is 510. The summed E-state index contributed by atoms with van der Waals surface area (Å²) < 4.78 is 0. The zero-order valence-electron chi connectivity index (χ0n) is 10.9. The molecule has 1 nitrogen and oxygen atoms in total. The molecule has 1 aromatic carbocycles. The molecule has 0 aliphatic heterocycles. The van der Waals surface area contributed by atoms with Gasteiger partial charge >= 0.3 is 0 Å². The van der Waals surface area contributed by atoms with Crippen LogP contribution in [0.2, 0.25) is 0 Å². The molecule has 18 heavy (non-hydrogen) atoms. The van der Waals surface area contributed by atoms with Gasteiger partial charge in [0.2, 0.25) is 0 Å². The lowest BCUT2D eigenvalue weighted by atomic mass is 9.67. The molecule has 0 bridgehead atoms. The maximum Gasteiger partial charge on any atom is 0.140 e. The number of carbonyl (C=O) groups is 1. The molecule has 3 aliphatic carbocycles. The van der Waals surface area contributed by atoms with E-state index in [9.17, 15) is 4.79 Å². The lowest BCUT2D eigenvalue weighted by Gasteiger charge is -2.36. The summed E-state index contributed by atoms with van der Waals surface area (Å²) >= 11 is 0. The number of hydrogen-bond donors (Lipinski definition) is 0. The highest BCUT2D eigenvalue weighted by atomic mass is 16.1. The average molecular weight is 240 g/mol. The number of aryl methyl sites for hydroxylation is 2. The van der Waals surface area contributed by atoms with Crippen LogP contribution in [0.1, 0.15) is 48.8 Å². The predicted molar refractivity (Wildman–Crippen MR) is 71.6 cm³/mol. The summed E-state index contributed by atoms with van der Waals surface area (Å²) in [7, 11) is 0. The minimum atomic E-state index is 0.408. The van der Waals surface area contributed by atoms with Crippen molar-refractivity contribution in [3.63, 3.8) is 0 Å². The number of rotatable bonds is 3. The number of benzene rings is 1. The van der Waals surface area contributed by atoms with Crippen LogP contribution in [0, 0.1) is 11.3 Å². The number of fused-ring (bicyclic) bond motifs is 1. The summed E-state index contributed by atoms with van der Waals surface area (Å²) in [5.74, 6) is 0.919. The molecule has 0 N–H and O–H groups in total. The molecule has 1 atom stereocenters. The normalized spacial score (nSPS) is 26.8. The van der Waals surface area contributed by atoms with E-state index in [-0.39, 0.29) is 0 Å². The van der Waals surface area contributed by atoms with Crippen LogP contribution in [0.3, 0.4) is 0 Å². The molecule has 0 heterocycles. The third-order valence-electron chi connectivity index (χ3n) is 5.49. The van der Waals surface area contributed by atoms with Gasteiger partial charge in [0.15, 0.2) is 0 Å². The van der Waals surface area contributed by atoms with Gasteiger partial charge in [0, 0.05) is 12.3 Å². The Labute approximate surface area is 109 Å². The first kappa shape index (κ1) is 10.8. The van der Waals surface area contributed by atoms with E-state index in [1.165, 1.54) is 55.2 Å². The van der Waals surface area contributed by atoms with Gasteiger partial charge in [-0.2, -0.15) is 0 Å². The largest absolute Gasteiger partial charge is 0.299 e. The standard InChI is InChI=1S/C17H20O/c18-16(15-6-7-17(15)8-9-17)11-12-4-5-13-2-1-3-14(13)10-12/h4-5,10,15H,1-3,6-9,11H2. The van der Waals surface area contributed by atoms with E-state index >= 15 is 0 Å². The zero-order valence-corrected chi connectivity index (χ0v) is 10.9. The number of Topliss-reactive ketones (excluding diaryl/α,β-unsaturated/α-hetero) is 1. The lowest BCUT2D eigenvalue weighted by Crippen LogP contribution is -2.35. The topological polar surface area (TPSA) is 17.1 Å². The number of carbonyl (C=O) groups excluding carboxylic acids is 1. The molecule has 4 rings (SSSR count). The van der Waals surface area contributed by atoms with Crippen molar-refractivity contribution in [2.75, 3.05) is 0 Å². The molecule has 94 valence electrons. The Morgan fingerprint density at radius 2 is 2.00 bits per heavy atom. The van der Waals surface area contributed by atoms with Crippen LogP contribution in [0.4, 0.5) is 0 Å². The first-order valence-electron chi connectivity index (χ1n) is 7.40. The molecule has 0 saturated heterocycles. The van der Waals surface area contributed by atoms with Gasteiger partial charge < -0.3 is 0 Å². The highest BCUT2D eigenvalue weighted by molar-refractivity contribution is 5.85. The van der Waals surface area contributed by atoms with E-state index < -0.39 is 0 Å². The van der Waals surface area contributed by atoms with Crippen LogP contribution in [0.25, 0.3) is 0 Å². The molecule has 1 unspecified atom stereocenters. The second-order valence-corrected chi connectivity index (χ2v) is 6.55. The average Bonchev–Trinajstić information content (AvgIpc) is 3.03. The van der Waals surface area contributed by atoms with E-state index in [4.69, 9.17) is 0 Å². The molecule has 1 heteroatoms. The second-order valence-electron chi connectivity index (χ2n) is 6.55. The minimum absolute atomic E-state index is 0.408. The van der Waals surface area contributed by atoms with Gasteiger partial charge in [-0.3, -0.25) is 4.79 Å². The van der Waals surface area contributed by atoms with Crippen LogP contribution in [-0.4, -0.2) is 5.78 Å². The monoisotopic (exact) mass is 240 g/mol. The van der Waals surface area contributed by atoms with Crippen LogP contribution in [0.15, 0.2) is 18.2 Å².